The number of ether oxygens (including phenoxy) is 2. The number of carbonyl (C=O) groups is 2. The molecule has 0 spiro atoms. The molecule has 0 saturated carbocycles. The lowest BCUT2D eigenvalue weighted by molar-refractivity contribution is -0.154. The molecule has 10 nitrogen and oxygen atoms in total. The van der Waals surface area contributed by atoms with Gasteiger partial charge in [-0.05, 0) is 44.9 Å². The average Bonchev–Trinajstić information content (AvgIpc) is 3.21. The first-order valence-corrected chi connectivity index (χ1v) is 25.5. The summed E-state index contributed by atoms with van der Waals surface area (Å²) in [7, 11) is -4.62. The minimum absolute atomic E-state index is 0.00424. The predicted octanol–water partition coefficient (Wildman–Crippen LogP) is 13.7. The fraction of sp³-hybridized carbons (Fsp3) is 0.833. The summed E-state index contributed by atoms with van der Waals surface area (Å²) < 4.78 is 33.4. The molecule has 3 unspecified atom stereocenters. The smallest absolute Gasteiger partial charge is 0.472 e. The van der Waals surface area contributed by atoms with E-state index in [1.165, 1.54) is 128 Å². The quantitative estimate of drug-likeness (QED) is 0.0233. The minimum Gasteiger partial charge on any atom is -0.480 e. The highest BCUT2D eigenvalue weighted by Gasteiger charge is 2.27. The van der Waals surface area contributed by atoms with E-state index >= 15 is 0 Å². The van der Waals surface area contributed by atoms with Crippen molar-refractivity contribution < 1.29 is 42.7 Å². The zero-order valence-corrected chi connectivity index (χ0v) is 38.7. The Morgan fingerprint density at radius 3 is 1.47 bits per heavy atom. The van der Waals surface area contributed by atoms with Crippen molar-refractivity contribution >= 4 is 19.8 Å². The summed E-state index contributed by atoms with van der Waals surface area (Å²) in [5.74, 6) is -1.78. The van der Waals surface area contributed by atoms with Crippen LogP contribution in [0.25, 0.3) is 0 Å². The van der Waals surface area contributed by atoms with Crippen LogP contribution in [-0.2, 0) is 32.7 Å². The van der Waals surface area contributed by atoms with E-state index in [4.69, 9.17) is 29.4 Å². The highest BCUT2D eigenvalue weighted by atomic mass is 31.2. The van der Waals surface area contributed by atoms with Gasteiger partial charge in [0, 0.05) is 13.0 Å². The summed E-state index contributed by atoms with van der Waals surface area (Å²) in [5, 5.41) is 8.91. The second kappa shape index (κ2) is 44.3. The number of phosphoric acid groups is 1. The molecule has 0 aromatic heterocycles. The van der Waals surface area contributed by atoms with E-state index in [9.17, 15) is 19.0 Å². The second-order valence-corrected chi connectivity index (χ2v) is 17.7. The molecule has 0 bridgehead atoms. The van der Waals surface area contributed by atoms with E-state index < -0.39 is 45.1 Å². The van der Waals surface area contributed by atoms with Gasteiger partial charge >= 0.3 is 19.8 Å². The van der Waals surface area contributed by atoms with Crippen LogP contribution in [0.5, 0.6) is 0 Å². The first-order valence-electron chi connectivity index (χ1n) is 24.0. The fourth-order valence-corrected chi connectivity index (χ4v) is 7.52. The molecule has 0 aliphatic carbocycles. The van der Waals surface area contributed by atoms with Crippen molar-refractivity contribution in [2.75, 3.05) is 26.4 Å². The van der Waals surface area contributed by atoms with Crippen LogP contribution in [0, 0.1) is 0 Å². The number of hydrogen-bond donors (Lipinski definition) is 3. The number of allylic oxidation sites excluding steroid dienone is 6. The third-order valence-corrected chi connectivity index (χ3v) is 11.4. The number of carboxylic acid groups (broad SMARTS) is 1. The van der Waals surface area contributed by atoms with Gasteiger partial charge in [0.2, 0.25) is 0 Å². The number of hydrogen-bond acceptors (Lipinski definition) is 8. The van der Waals surface area contributed by atoms with Gasteiger partial charge in [0.25, 0.3) is 0 Å². The molecule has 0 rings (SSSR count). The molecule has 4 N–H and O–H groups in total. The molecule has 0 heterocycles. The van der Waals surface area contributed by atoms with Crippen molar-refractivity contribution in [3.8, 4) is 0 Å². The van der Waals surface area contributed by atoms with Gasteiger partial charge < -0.3 is 25.2 Å². The van der Waals surface area contributed by atoms with Gasteiger partial charge in [-0.25, -0.2) is 4.57 Å². The van der Waals surface area contributed by atoms with Crippen molar-refractivity contribution in [1.82, 2.24) is 0 Å². The van der Waals surface area contributed by atoms with E-state index in [1.807, 2.05) is 0 Å². The Kier molecular flexibility index (Phi) is 42.9. The number of unbranched alkanes of at least 4 members (excludes halogenated alkanes) is 26. The number of phosphoric ester groups is 1. The third kappa shape index (κ3) is 44.1. The molecule has 3 atom stereocenters. The molecule has 0 aromatic carbocycles. The maximum Gasteiger partial charge on any atom is 0.472 e. The Balaban J connectivity index is 4.11. The maximum absolute atomic E-state index is 12.7. The summed E-state index contributed by atoms with van der Waals surface area (Å²) in [6.45, 7) is 3.75. The van der Waals surface area contributed by atoms with E-state index in [1.54, 1.807) is 0 Å². The van der Waals surface area contributed by atoms with Crippen molar-refractivity contribution in [2.45, 2.75) is 231 Å². The average molecular weight is 856 g/mol. The summed E-state index contributed by atoms with van der Waals surface area (Å²) >= 11 is 0. The van der Waals surface area contributed by atoms with Gasteiger partial charge in [0.1, 0.15) is 12.1 Å². The van der Waals surface area contributed by atoms with Crippen LogP contribution in [0.3, 0.4) is 0 Å². The topological polar surface area (TPSA) is 155 Å². The number of rotatable bonds is 46. The molecule has 0 saturated heterocycles. The summed E-state index contributed by atoms with van der Waals surface area (Å²) in [6, 6.07) is -1.48. The lowest BCUT2D eigenvalue weighted by Gasteiger charge is -2.20. The third-order valence-electron chi connectivity index (χ3n) is 10.4. The number of carboxylic acids is 1. The highest BCUT2D eigenvalue weighted by Crippen LogP contribution is 2.43. The SMILES string of the molecule is CC/C=C\C/C=C\C/C=C\CCCCCCOCC(COP(=O)(O)OCC(N)C(=O)O)OC(=O)CCCCCCCCCCCCCCCCCCCCCCCCC. The number of carbonyl (C=O) groups excluding carboxylic acids is 1. The molecule has 346 valence electrons. The lowest BCUT2D eigenvalue weighted by Crippen LogP contribution is -2.34. The Morgan fingerprint density at radius 2 is 0.983 bits per heavy atom. The largest absolute Gasteiger partial charge is 0.480 e. The van der Waals surface area contributed by atoms with Crippen LogP contribution in [0.2, 0.25) is 0 Å². The number of esters is 1. The Hall–Kier alpha value is -1.81. The normalized spacial score (nSPS) is 14.1. The Morgan fingerprint density at radius 1 is 0.559 bits per heavy atom. The van der Waals surface area contributed by atoms with Crippen molar-refractivity contribution in [1.29, 1.82) is 0 Å². The summed E-state index contributed by atoms with van der Waals surface area (Å²) in [6.07, 6.45) is 50.7. The van der Waals surface area contributed by atoms with Gasteiger partial charge in [-0.2, -0.15) is 0 Å². The molecule has 59 heavy (non-hydrogen) atoms. The standard InChI is InChI=1S/C48H90NO9P/c1-3-5-7-9-11-13-15-17-19-20-21-22-23-24-25-26-27-28-30-32-34-36-38-40-47(50)58-45(43-56-59(53,54)57-44-46(49)48(51)52)42-55-41-39-37-35-33-31-29-18-16-14-12-10-8-6-4-2/h6,8,12,14,18,29,45-46H,3-5,7,9-11,13,15-17,19-28,30-44,49H2,1-2H3,(H,51,52)(H,53,54)/b8-6-,14-12-,29-18-. The lowest BCUT2D eigenvalue weighted by atomic mass is 10.0. The van der Waals surface area contributed by atoms with E-state index in [0.717, 1.165) is 64.2 Å². The Bertz CT molecular complexity index is 1080. The zero-order valence-electron chi connectivity index (χ0n) is 37.9. The van der Waals surface area contributed by atoms with E-state index in [0.29, 0.717) is 13.0 Å². The van der Waals surface area contributed by atoms with Crippen LogP contribution in [0.15, 0.2) is 36.5 Å². The summed E-state index contributed by atoms with van der Waals surface area (Å²) in [5.41, 5.74) is 5.36. The molecule has 0 aromatic rings. The number of aliphatic carboxylic acids is 1. The Labute approximate surface area is 361 Å². The van der Waals surface area contributed by atoms with E-state index in [2.05, 4.69) is 50.3 Å². The molecular weight excluding hydrogens is 765 g/mol. The van der Waals surface area contributed by atoms with Crippen LogP contribution in [0.1, 0.15) is 219 Å². The zero-order chi connectivity index (χ0) is 43.3. The molecule has 0 fully saturated rings. The summed E-state index contributed by atoms with van der Waals surface area (Å²) in [4.78, 5) is 33.6. The van der Waals surface area contributed by atoms with Gasteiger partial charge in [-0.3, -0.25) is 18.6 Å². The van der Waals surface area contributed by atoms with Gasteiger partial charge in [0.05, 0.1) is 19.8 Å². The van der Waals surface area contributed by atoms with E-state index in [-0.39, 0.29) is 13.0 Å². The monoisotopic (exact) mass is 856 g/mol. The van der Waals surface area contributed by atoms with Crippen molar-refractivity contribution in [2.24, 2.45) is 5.73 Å². The molecule has 11 heteroatoms. The predicted molar refractivity (Wildman–Crippen MR) is 245 cm³/mol. The fourth-order valence-electron chi connectivity index (χ4n) is 6.74. The van der Waals surface area contributed by atoms with Crippen LogP contribution >= 0.6 is 7.82 Å². The van der Waals surface area contributed by atoms with Gasteiger partial charge in [-0.15, -0.1) is 0 Å². The molecule has 0 aliphatic rings. The van der Waals surface area contributed by atoms with Crippen LogP contribution < -0.4 is 5.73 Å². The van der Waals surface area contributed by atoms with Crippen molar-refractivity contribution in [3.63, 3.8) is 0 Å². The molecule has 0 amide bonds. The van der Waals surface area contributed by atoms with Crippen molar-refractivity contribution in [3.05, 3.63) is 36.5 Å². The molecule has 0 aliphatic heterocycles. The van der Waals surface area contributed by atoms with Gasteiger partial charge in [-0.1, -0.05) is 204 Å². The first kappa shape index (κ1) is 57.2. The minimum atomic E-state index is -4.62. The highest BCUT2D eigenvalue weighted by molar-refractivity contribution is 7.47. The van der Waals surface area contributed by atoms with Gasteiger partial charge in [0.15, 0.2) is 0 Å². The number of nitrogens with two attached hydrogens (primary N) is 1. The first-order chi connectivity index (χ1) is 28.7. The maximum atomic E-state index is 12.7. The van der Waals surface area contributed by atoms with Crippen LogP contribution in [0.4, 0.5) is 0 Å². The molecular formula is C48H90NO9P. The second-order valence-electron chi connectivity index (χ2n) is 16.2. The van der Waals surface area contributed by atoms with Crippen LogP contribution in [-0.4, -0.2) is 60.5 Å². The molecule has 0 radical (unpaired) electrons.